The molecule has 0 saturated carbocycles. The summed E-state index contributed by atoms with van der Waals surface area (Å²) < 4.78 is 7.86. The number of carbonyl (C=O) groups is 1. The van der Waals surface area contributed by atoms with Crippen LogP contribution in [0.15, 0.2) is 12.3 Å². The topological polar surface area (TPSA) is 50.6 Å². The number of nitrogens with zero attached hydrogens (tertiary/aromatic N) is 4. The van der Waals surface area contributed by atoms with Crippen molar-refractivity contribution in [2.45, 2.75) is 43.7 Å². The van der Waals surface area contributed by atoms with Gasteiger partial charge in [0.25, 0.3) is 5.91 Å². The fourth-order valence-corrected chi connectivity index (χ4v) is 4.47. The smallest absolute Gasteiger partial charge is 0.272 e. The number of amides is 1. The maximum Gasteiger partial charge on any atom is 0.272 e. The molecule has 1 amide bonds. The van der Waals surface area contributed by atoms with Crippen LogP contribution in [0, 0.1) is 0 Å². The molecule has 3 aliphatic heterocycles. The van der Waals surface area contributed by atoms with Gasteiger partial charge in [-0.05, 0) is 51.3 Å². The number of hydrogen-bond donors (Lipinski definition) is 0. The van der Waals surface area contributed by atoms with Gasteiger partial charge in [-0.15, -0.1) is 0 Å². The molecule has 23 heavy (non-hydrogen) atoms. The minimum Gasteiger partial charge on any atom is -0.373 e. The summed E-state index contributed by atoms with van der Waals surface area (Å²) in [6, 6.07) is 2.43. The molecule has 6 nitrogen and oxygen atoms in total. The van der Waals surface area contributed by atoms with E-state index in [2.05, 4.69) is 10.00 Å². The van der Waals surface area contributed by atoms with Crippen molar-refractivity contribution in [1.82, 2.24) is 19.6 Å². The highest BCUT2D eigenvalue weighted by atomic mass is 16.5. The zero-order chi connectivity index (χ0) is 15.9. The molecular formula is C17H26N4O2. The van der Waals surface area contributed by atoms with E-state index in [9.17, 15) is 4.79 Å². The van der Waals surface area contributed by atoms with Crippen LogP contribution in [0.25, 0.3) is 0 Å². The summed E-state index contributed by atoms with van der Waals surface area (Å²) >= 11 is 0. The van der Waals surface area contributed by atoms with Gasteiger partial charge in [-0.2, -0.15) is 5.10 Å². The van der Waals surface area contributed by atoms with Gasteiger partial charge < -0.3 is 14.5 Å². The molecule has 0 unspecified atom stereocenters. The van der Waals surface area contributed by atoms with Crippen molar-refractivity contribution in [3.05, 3.63) is 18.0 Å². The van der Waals surface area contributed by atoms with Gasteiger partial charge in [-0.1, -0.05) is 0 Å². The van der Waals surface area contributed by atoms with Crippen LogP contribution >= 0.6 is 0 Å². The van der Waals surface area contributed by atoms with E-state index in [1.54, 1.807) is 16.9 Å². The van der Waals surface area contributed by atoms with Gasteiger partial charge in [0.15, 0.2) is 0 Å². The molecule has 0 aliphatic carbocycles. The monoisotopic (exact) mass is 318 g/mol. The van der Waals surface area contributed by atoms with Crippen LogP contribution in [-0.2, 0) is 11.8 Å². The molecule has 4 heterocycles. The van der Waals surface area contributed by atoms with Crippen molar-refractivity contribution in [3.63, 3.8) is 0 Å². The van der Waals surface area contributed by atoms with E-state index in [-0.39, 0.29) is 11.5 Å². The van der Waals surface area contributed by atoms with E-state index in [1.165, 1.54) is 25.9 Å². The van der Waals surface area contributed by atoms with Crippen molar-refractivity contribution in [3.8, 4) is 0 Å². The Morgan fingerprint density at radius 3 is 2.91 bits per heavy atom. The second kappa shape index (κ2) is 5.91. The van der Waals surface area contributed by atoms with Crippen LogP contribution in [0.1, 0.15) is 42.6 Å². The molecule has 0 radical (unpaired) electrons. The second-order valence-corrected chi connectivity index (χ2v) is 7.24. The fourth-order valence-electron chi connectivity index (χ4n) is 4.47. The zero-order valence-corrected chi connectivity index (χ0v) is 13.9. The number of hydrogen-bond acceptors (Lipinski definition) is 4. The minimum atomic E-state index is -0.125. The van der Waals surface area contributed by atoms with Crippen LogP contribution in [0.3, 0.4) is 0 Å². The number of rotatable bonds is 2. The van der Waals surface area contributed by atoms with Crippen LogP contribution in [0.2, 0.25) is 0 Å². The van der Waals surface area contributed by atoms with Crippen LogP contribution in [-0.4, -0.2) is 69.9 Å². The highest BCUT2D eigenvalue weighted by Gasteiger charge is 2.46. The number of aromatic nitrogens is 2. The van der Waals surface area contributed by atoms with Gasteiger partial charge in [0.2, 0.25) is 0 Å². The quantitative estimate of drug-likeness (QED) is 0.824. The first-order valence-electron chi connectivity index (χ1n) is 8.82. The Hall–Kier alpha value is -1.40. The summed E-state index contributed by atoms with van der Waals surface area (Å²) in [5.41, 5.74) is 0.536. The Morgan fingerprint density at radius 1 is 1.35 bits per heavy atom. The molecule has 1 spiro atoms. The molecule has 0 aromatic carbocycles. The van der Waals surface area contributed by atoms with Gasteiger partial charge in [0.1, 0.15) is 5.69 Å². The predicted octanol–water partition coefficient (Wildman–Crippen LogP) is 1.28. The first-order valence-corrected chi connectivity index (χ1v) is 8.82. The third-order valence-electron chi connectivity index (χ3n) is 5.77. The second-order valence-electron chi connectivity index (χ2n) is 7.24. The maximum atomic E-state index is 12.7. The lowest BCUT2D eigenvalue weighted by Crippen LogP contribution is -2.49. The van der Waals surface area contributed by atoms with Gasteiger partial charge in [0, 0.05) is 32.4 Å². The number of aryl methyl sites for hydroxylation is 1. The van der Waals surface area contributed by atoms with Gasteiger partial charge in [-0.25, -0.2) is 0 Å². The summed E-state index contributed by atoms with van der Waals surface area (Å²) in [6.45, 7) is 4.81. The SMILES string of the molecule is Cn1nccc1C(=O)N1CC[C@]2(C[C@@H](N3CCCC3)CCO2)C1. The van der Waals surface area contributed by atoms with E-state index in [0.717, 1.165) is 39.0 Å². The Kier molecular flexibility index (Phi) is 3.89. The summed E-state index contributed by atoms with van der Waals surface area (Å²) in [4.78, 5) is 17.3. The highest BCUT2D eigenvalue weighted by molar-refractivity contribution is 5.92. The largest absolute Gasteiger partial charge is 0.373 e. The van der Waals surface area contributed by atoms with Crippen molar-refractivity contribution < 1.29 is 9.53 Å². The molecule has 4 rings (SSSR count). The minimum absolute atomic E-state index is 0.0776. The molecule has 3 saturated heterocycles. The Bertz CT molecular complexity index is 581. The summed E-state index contributed by atoms with van der Waals surface area (Å²) in [5, 5.41) is 4.11. The normalized spacial score (nSPS) is 32.0. The average molecular weight is 318 g/mol. The predicted molar refractivity (Wildman–Crippen MR) is 86.2 cm³/mol. The van der Waals surface area contributed by atoms with Crippen LogP contribution < -0.4 is 0 Å². The maximum absolute atomic E-state index is 12.7. The molecule has 0 bridgehead atoms. The lowest BCUT2D eigenvalue weighted by atomic mass is 9.89. The van der Waals surface area contributed by atoms with E-state index in [1.807, 2.05) is 11.9 Å². The fraction of sp³-hybridized carbons (Fsp3) is 0.765. The first kappa shape index (κ1) is 15.1. The molecule has 126 valence electrons. The molecule has 3 fully saturated rings. The highest BCUT2D eigenvalue weighted by Crippen LogP contribution is 2.37. The van der Waals surface area contributed by atoms with Crippen LogP contribution in [0.5, 0.6) is 0 Å². The van der Waals surface area contributed by atoms with Gasteiger partial charge >= 0.3 is 0 Å². The van der Waals surface area contributed by atoms with Crippen molar-refractivity contribution in [2.75, 3.05) is 32.8 Å². The molecule has 1 aromatic rings. The molecule has 0 N–H and O–H groups in total. The molecule has 1 aromatic heterocycles. The zero-order valence-electron chi connectivity index (χ0n) is 13.9. The van der Waals surface area contributed by atoms with Crippen molar-refractivity contribution in [1.29, 1.82) is 0 Å². The van der Waals surface area contributed by atoms with Crippen molar-refractivity contribution >= 4 is 5.91 Å². The van der Waals surface area contributed by atoms with Gasteiger partial charge in [-0.3, -0.25) is 9.48 Å². The molecule has 3 aliphatic rings. The third-order valence-corrected chi connectivity index (χ3v) is 5.77. The Labute approximate surface area is 137 Å². The Balaban J connectivity index is 1.44. The summed E-state index contributed by atoms with van der Waals surface area (Å²) in [6.07, 6.45) is 7.50. The lowest BCUT2D eigenvalue weighted by Gasteiger charge is -2.41. The summed E-state index contributed by atoms with van der Waals surface area (Å²) in [5.74, 6) is 0.0776. The van der Waals surface area contributed by atoms with E-state index in [4.69, 9.17) is 4.74 Å². The standard InChI is InChI=1S/C17H26N4O2/c1-19-15(4-7-18-19)16(22)21-10-6-17(13-21)12-14(5-11-23-17)20-8-2-3-9-20/h4,7,14H,2-3,5-6,8-13H2,1H3/t14-,17-/m0/s1. The van der Waals surface area contributed by atoms with E-state index >= 15 is 0 Å². The molecule has 6 heteroatoms. The Morgan fingerprint density at radius 2 is 2.17 bits per heavy atom. The van der Waals surface area contributed by atoms with Crippen LogP contribution in [0.4, 0.5) is 0 Å². The number of ether oxygens (including phenoxy) is 1. The third kappa shape index (κ3) is 2.78. The number of likely N-dealkylation sites (tertiary alicyclic amines) is 2. The molecular weight excluding hydrogens is 292 g/mol. The van der Waals surface area contributed by atoms with Crippen molar-refractivity contribution in [2.24, 2.45) is 7.05 Å². The lowest BCUT2D eigenvalue weighted by molar-refractivity contribution is -0.0946. The molecule has 2 atom stereocenters. The van der Waals surface area contributed by atoms with E-state index < -0.39 is 0 Å². The average Bonchev–Trinajstić information content (AvgIpc) is 3.28. The van der Waals surface area contributed by atoms with E-state index in [0.29, 0.717) is 11.7 Å². The van der Waals surface area contributed by atoms with Gasteiger partial charge in [0.05, 0.1) is 12.1 Å². The first-order chi connectivity index (χ1) is 11.2. The summed E-state index contributed by atoms with van der Waals surface area (Å²) in [7, 11) is 1.82. The number of carbonyl (C=O) groups excluding carboxylic acids is 1.